The molecule has 0 radical (unpaired) electrons. The van der Waals surface area contributed by atoms with Gasteiger partial charge in [0.25, 0.3) is 6.43 Å². The summed E-state index contributed by atoms with van der Waals surface area (Å²) in [6, 6.07) is 1.26. The Bertz CT molecular complexity index is 361. The fourth-order valence-electron chi connectivity index (χ4n) is 0.956. The van der Waals surface area contributed by atoms with Crippen LogP contribution in [-0.4, -0.2) is 9.97 Å². The maximum atomic E-state index is 12.4. The minimum atomic E-state index is -2.58. The molecule has 0 unspecified atom stereocenters. The second-order valence-corrected chi connectivity index (χ2v) is 2.91. The van der Waals surface area contributed by atoms with Crippen LogP contribution in [0.15, 0.2) is 12.3 Å². The van der Waals surface area contributed by atoms with Crippen molar-refractivity contribution < 1.29 is 8.78 Å². The number of rotatable bonds is 2. The van der Waals surface area contributed by atoms with E-state index in [1.807, 2.05) is 0 Å². The van der Waals surface area contributed by atoms with Gasteiger partial charge >= 0.3 is 0 Å². The van der Waals surface area contributed by atoms with Gasteiger partial charge in [0, 0.05) is 17.5 Å². The van der Waals surface area contributed by atoms with Crippen LogP contribution in [0.25, 0.3) is 5.57 Å². The van der Waals surface area contributed by atoms with Gasteiger partial charge in [0.05, 0.1) is 0 Å². The SMILES string of the molecule is C/C(=C/N)c1nc(C)cc(C(F)F)n1. The summed E-state index contributed by atoms with van der Waals surface area (Å²) in [5.41, 5.74) is 6.07. The molecule has 1 heterocycles. The van der Waals surface area contributed by atoms with Crippen LogP contribution >= 0.6 is 0 Å². The standard InChI is InChI=1S/C9H11F2N3/c1-5(4-12)9-13-6(2)3-7(14-9)8(10)11/h3-4,8H,12H2,1-2H3/b5-4-. The first-order valence-electron chi connectivity index (χ1n) is 4.07. The van der Waals surface area contributed by atoms with E-state index in [4.69, 9.17) is 5.73 Å². The average molecular weight is 199 g/mol. The highest BCUT2D eigenvalue weighted by molar-refractivity contribution is 5.56. The molecule has 0 atom stereocenters. The topological polar surface area (TPSA) is 51.8 Å². The highest BCUT2D eigenvalue weighted by Crippen LogP contribution is 2.18. The molecule has 0 saturated carbocycles. The van der Waals surface area contributed by atoms with Gasteiger partial charge < -0.3 is 5.73 Å². The van der Waals surface area contributed by atoms with Crippen molar-refractivity contribution in [1.29, 1.82) is 0 Å². The molecule has 1 rings (SSSR count). The van der Waals surface area contributed by atoms with Crippen molar-refractivity contribution in [2.45, 2.75) is 20.3 Å². The second kappa shape index (κ2) is 4.13. The van der Waals surface area contributed by atoms with Crippen LogP contribution in [-0.2, 0) is 0 Å². The van der Waals surface area contributed by atoms with E-state index in [9.17, 15) is 8.78 Å². The molecule has 0 fully saturated rings. The number of allylic oxidation sites excluding steroid dienone is 1. The largest absolute Gasteiger partial charge is 0.404 e. The van der Waals surface area contributed by atoms with Crippen molar-refractivity contribution >= 4 is 5.57 Å². The Kier molecular flexibility index (Phi) is 3.11. The van der Waals surface area contributed by atoms with Gasteiger partial charge in [0.1, 0.15) is 5.69 Å². The number of aryl methyl sites for hydroxylation is 1. The Labute approximate surface area is 80.7 Å². The number of hydrogen-bond acceptors (Lipinski definition) is 3. The van der Waals surface area contributed by atoms with Gasteiger partial charge in [0.15, 0.2) is 5.82 Å². The van der Waals surface area contributed by atoms with Crippen LogP contribution in [0.3, 0.4) is 0 Å². The van der Waals surface area contributed by atoms with Crippen LogP contribution in [0.4, 0.5) is 8.78 Å². The summed E-state index contributed by atoms with van der Waals surface area (Å²) in [7, 11) is 0. The molecule has 1 aromatic rings. The first-order valence-corrected chi connectivity index (χ1v) is 4.07. The molecular weight excluding hydrogens is 188 g/mol. The summed E-state index contributed by atoms with van der Waals surface area (Å²) in [6.07, 6.45) is -1.29. The van der Waals surface area contributed by atoms with Gasteiger partial charge in [-0.15, -0.1) is 0 Å². The number of halogens is 2. The Balaban J connectivity index is 3.20. The fourth-order valence-corrected chi connectivity index (χ4v) is 0.956. The lowest BCUT2D eigenvalue weighted by atomic mass is 10.2. The van der Waals surface area contributed by atoms with Gasteiger partial charge in [0.2, 0.25) is 0 Å². The third kappa shape index (κ3) is 2.25. The van der Waals surface area contributed by atoms with Gasteiger partial charge in [-0.05, 0) is 19.9 Å². The van der Waals surface area contributed by atoms with Crippen LogP contribution in [0, 0.1) is 6.92 Å². The molecule has 0 bridgehead atoms. The summed E-state index contributed by atoms with van der Waals surface area (Å²) in [5.74, 6) is 0.253. The van der Waals surface area contributed by atoms with E-state index < -0.39 is 6.43 Å². The Morgan fingerprint density at radius 1 is 1.50 bits per heavy atom. The summed E-state index contributed by atoms with van der Waals surface area (Å²) < 4.78 is 24.7. The Hall–Kier alpha value is -1.52. The summed E-state index contributed by atoms with van der Waals surface area (Å²) >= 11 is 0. The van der Waals surface area contributed by atoms with Gasteiger partial charge in [-0.2, -0.15) is 0 Å². The van der Waals surface area contributed by atoms with Crippen molar-refractivity contribution in [3.8, 4) is 0 Å². The highest BCUT2D eigenvalue weighted by atomic mass is 19.3. The monoisotopic (exact) mass is 199 g/mol. The smallest absolute Gasteiger partial charge is 0.280 e. The number of aromatic nitrogens is 2. The fraction of sp³-hybridized carbons (Fsp3) is 0.333. The zero-order valence-corrected chi connectivity index (χ0v) is 7.96. The minimum absolute atomic E-state index is 0.253. The predicted octanol–water partition coefficient (Wildman–Crippen LogP) is 2.04. The molecule has 0 aliphatic heterocycles. The zero-order chi connectivity index (χ0) is 10.7. The minimum Gasteiger partial charge on any atom is -0.404 e. The average Bonchev–Trinajstić information content (AvgIpc) is 2.15. The number of nitrogens with two attached hydrogens (primary N) is 1. The van der Waals surface area contributed by atoms with Crippen LogP contribution in [0.1, 0.15) is 30.6 Å². The van der Waals surface area contributed by atoms with E-state index >= 15 is 0 Å². The van der Waals surface area contributed by atoms with Crippen molar-refractivity contribution in [2.75, 3.05) is 0 Å². The van der Waals surface area contributed by atoms with E-state index in [0.29, 0.717) is 11.3 Å². The van der Waals surface area contributed by atoms with Crippen molar-refractivity contribution in [3.05, 3.63) is 29.5 Å². The lowest BCUT2D eigenvalue weighted by Gasteiger charge is -2.04. The molecule has 0 aromatic carbocycles. The Morgan fingerprint density at radius 2 is 2.14 bits per heavy atom. The molecule has 0 spiro atoms. The molecule has 1 aromatic heterocycles. The van der Waals surface area contributed by atoms with Crippen LogP contribution < -0.4 is 5.73 Å². The molecule has 76 valence electrons. The number of nitrogens with zero attached hydrogens (tertiary/aromatic N) is 2. The van der Waals surface area contributed by atoms with E-state index in [0.717, 1.165) is 0 Å². The molecule has 0 aliphatic carbocycles. The van der Waals surface area contributed by atoms with Crippen molar-refractivity contribution in [1.82, 2.24) is 9.97 Å². The summed E-state index contributed by atoms with van der Waals surface area (Å²) in [4.78, 5) is 7.69. The molecule has 0 amide bonds. The molecule has 3 nitrogen and oxygen atoms in total. The molecule has 5 heteroatoms. The van der Waals surface area contributed by atoms with Gasteiger partial charge in [-0.3, -0.25) is 0 Å². The van der Waals surface area contributed by atoms with E-state index in [2.05, 4.69) is 9.97 Å². The van der Waals surface area contributed by atoms with Crippen LogP contribution in [0.2, 0.25) is 0 Å². The highest BCUT2D eigenvalue weighted by Gasteiger charge is 2.11. The molecule has 14 heavy (non-hydrogen) atoms. The summed E-state index contributed by atoms with van der Waals surface area (Å²) in [5, 5.41) is 0. The zero-order valence-electron chi connectivity index (χ0n) is 7.96. The molecular formula is C9H11F2N3. The van der Waals surface area contributed by atoms with Crippen LogP contribution in [0.5, 0.6) is 0 Å². The first kappa shape index (κ1) is 10.6. The number of alkyl halides is 2. The van der Waals surface area contributed by atoms with Gasteiger partial charge in [-0.25, -0.2) is 18.7 Å². The van der Waals surface area contributed by atoms with E-state index in [1.54, 1.807) is 13.8 Å². The predicted molar refractivity (Wildman–Crippen MR) is 49.6 cm³/mol. The molecule has 0 aliphatic rings. The third-order valence-corrected chi connectivity index (χ3v) is 1.70. The first-order chi connectivity index (χ1) is 6.54. The lowest BCUT2D eigenvalue weighted by molar-refractivity contribution is 0.145. The normalized spacial score (nSPS) is 12.2. The van der Waals surface area contributed by atoms with Gasteiger partial charge in [-0.1, -0.05) is 0 Å². The van der Waals surface area contributed by atoms with Crippen molar-refractivity contribution in [2.24, 2.45) is 5.73 Å². The summed E-state index contributed by atoms with van der Waals surface area (Å²) in [6.45, 7) is 3.31. The number of hydrogen-bond donors (Lipinski definition) is 1. The van der Waals surface area contributed by atoms with E-state index in [-0.39, 0.29) is 11.5 Å². The maximum absolute atomic E-state index is 12.4. The second-order valence-electron chi connectivity index (χ2n) is 2.91. The molecule has 2 N–H and O–H groups in total. The Morgan fingerprint density at radius 3 is 2.64 bits per heavy atom. The lowest BCUT2D eigenvalue weighted by Crippen LogP contribution is -2.01. The molecule has 0 saturated heterocycles. The maximum Gasteiger partial charge on any atom is 0.280 e. The van der Waals surface area contributed by atoms with E-state index in [1.165, 1.54) is 12.3 Å². The quantitative estimate of drug-likeness (QED) is 0.792. The van der Waals surface area contributed by atoms with Crippen molar-refractivity contribution in [3.63, 3.8) is 0 Å². The third-order valence-electron chi connectivity index (χ3n) is 1.70.